The van der Waals surface area contributed by atoms with Crippen molar-refractivity contribution in [2.24, 2.45) is 0 Å². The molecular weight excluding hydrogens is 386 g/mol. The molecule has 3 aromatic rings. The first kappa shape index (κ1) is 20.3. The summed E-state index contributed by atoms with van der Waals surface area (Å²) in [4.78, 5) is 18.7. The highest BCUT2D eigenvalue weighted by molar-refractivity contribution is 5.87. The zero-order valence-electron chi connectivity index (χ0n) is 18.6. The van der Waals surface area contributed by atoms with Gasteiger partial charge in [-0.05, 0) is 57.0 Å². The van der Waals surface area contributed by atoms with Gasteiger partial charge in [-0.25, -0.2) is 0 Å². The van der Waals surface area contributed by atoms with Gasteiger partial charge in [0.1, 0.15) is 6.04 Å². The molecule has 2 aromatic carbocycles. The fourth-order valence-corrected chi connectivity index (χ4v) is 5.99. The molecule has 162 valence electrons. The molecule has 1 aromatic heterocycles. The summed E-state index contributed by atoms with van der Waals surface area (Å²) in [5, 5.41) is 4.96. The van der Waals surface area contributed by atoms with E-state index in [1.165, 1.54) is 29.3 Å². The van der Waals surface area contributed by atoms with Crippen molar-refractivity contribution >= 4 is 16.9 Å². The van der Waals surface area contributed by atoms with Crippen LogP contribution in [-0.4, -0.2) is 43.1 Å². The number of hydrogen-bond donors (Lipinski definition) is 2. The standard InChI is InChI=1S/C26H31N3O2/c1-29(2)26(18-9-5-4-6-10-18)15-13-25(14-16-26)23-20(17-22(28-25)24(30)31-3)19-11-7-8-12-21(19)27-23/h4-12,22,27-28H,13-17H2,1-3H3/t22-,25?,26?/m0/s1. The van der Waals surface area contributed by atoms with Crippen LogP contribution in [0.3, 0.4) is 0 Å². The molecule has 5 heteroatoms. The molecule has 1 aliphatic carbocycles. The third kappa shape index (κ3) is 3.10. The van der Waals surface area contributed by atoms with Crippen molar-refractivity contribution in [3.63, 3.8) is 0 Å². The molecule has 0 saturated heterocycles. The molecule has 2 aliphatic rings. The number of aromatic amines is 1. The number of nitrogens with one attached hydrogen (secondary N) is 2. The van der Waals surface area contributed by atoms with Crippen LogP contribution in [-0.2, 0) is 27.0 Å². The molecular formula is C26H31N3O2. The molecule has 0 bridgehead atoms. The minimum Gasteiger partial charge on any atom is -0.468 e. The van der Waals surface area contributed by atoms with Crippen LogP contribution in [0.4, 0.5) is 0 Å². The van der Waals surface area contributed by atoms with E-state index >= 15 is 0 Å². The number of ether oxygens (including phenoxy) is 1. The molecule has 0 unspecified atom stereocenters. The van der Waals surface area contributed by atoms with Gasteiger partial charge in [-0.15, -0.1) is 0 Å². The Morgan fingerprint density at radius 2 is 1.68 bits per heavy atom. The monoisotopic (exact) mass is 417 g/mol. The fraction of sp³-hybridized carbons (Fsp3) is 0.423. The number of methoxy groups -OCH3 is 1. The highest BCUT2D eigenvalue weighted by Crippen LogP contribution is 2.51. The Morgan fingerprint density at radius 1 is 1.00 bits per heavy atom. The number of nitrogens with zero attached hydrogens (tertiary/aromatic N) is 1. The largest absolute Gasteiger partial charge is 0.468 e. The summed E-state index contributed by atoms with van der Waals surface area (Å²) in [7, 11) is 5.85. The molecule has 5 rings (SSSR count). The van der Waals surface area contributed by atoms with Crippen LogP contribution in [0.5, 0.6) is 0 Å². The Kier molecular flexibility index (Phi) is 4.91. The van der Waals surface area contributed by atoms with Crippen molar-refractivity contribution in [2.75, 3.05) is 21.2 Å². The van der Waals surface area contributed by atoms with Crippen LogP contribution in [0.25, 0.3) is 10.9 Å². The van der Waals surface area contributed by atoms with Crippen molar-refractivity contribution in [1.29, 1.82) is 0 Å². The van der Waals surface area contributed by atoms with E-state index in [1.54, 1.807) is 0 Å². The van der Waals surface area contributed by atoms with Gasteiger partial charge in [0, 0.05) is 28.6 Å². The van der Waals surface area contributed by atoms with Crippen molar-refractivity contribution < 1.29 is 9.53 Å². The van der Waals surface area contributed by atoms with Crippen LogP contribution >= 0.6 is 0 Å². The van der Waals surface area contributed by atoms with Gasteiger partial charge in [0.2, 0.25) is 0 Å². The van der Waals surface area contributed by atoms with Gasteiger partial charge >= 0.3 is 5.97 Å². The van der Waals surface area contributed by atoms with Gasteiger partial charge < -0.3 is 9.72 Å². The number of rotatable bonds is 3. The average molecular weight is 418 g/mol. The van der Waals surface area contributed by atoms with Gasteiger partial charge in [-0.1, -0.05) is 48.5 Å². The number of carbonyl (C=O) groups is 1. The number of para-hydroxylation sites is 1. The lowest BCUT2D eigenvalue weighted by molar-refractivity contribution is -0.144. The zero-order chi connectivity index (χ0) is 21.6. The molecule has 1 aliphatic heterocycles. The predicted octanol–water partition coefficient (Wildman–Crippen LogP) is 4.08. The molecule has 1 fully saturated rings. The van der Waals surface area contributed by atoms with Crippen LogP contribution < -0.4 is 5.32 Å². The van der Waals surface area contributed by atoms with Crippen molar-refractivity contribution in [2.45, 2.75) is 49.2 Å². The number of carbonyl (C=O) groups excluding carboxylic acids is 1. The van der Waals surface area contributed by atoms with Gasteiger partial charge in [0.15, 0.2) is 0 Å². The molecule has 2 heterocycles. The summed E-state index contributed by atoms with van der Waals surface area (Å²) in [6.45, 7) is 0. The summed E-state index contributed by atoms with van der Waals surface area (Å²) in [5.74, 6) is -0.178. The zero-order valence-corrected chi connectivity index (χ0v) is 18.6. The van der Waals surface area contributed by atoms with Crippen LogP contribution in [0, 0.1) is 0 Å². The van der Waals surface area contributed by atoms with E-state index in [4.69, 9.17) is 4.74 Å². The third-order valence-electron chi connectivity index (χ3n) is 7.73. The second-order valence-electron chi connectivity index (χ2n) is 9.32. The van der Waals surface area contributed by atoms with Crippen molar-refractivity contribution in [3.05, 3.63) is 71.4 Å². The molecule has 1 spiro atoms. The number of benzene rings is 2. The van der Waals surface area contributed by atoms with E-state index < -0.39 is 0 Å². The normalized spacial score (nSPS) is 28.1. The highest BCUT2D eigenvalue weighted by Gasteiger charge is 2.50. The average Bonchev–Trinajstić information content (AvgIpc) is 3.19. The minimum atomic E-state index is -0.319. The van der Waals surface area contributed by atoms with E-state index in [0.29, 0.717) is 6.42 Å². The number of aromatic nitrogens is 1. The van der Waals surface area contributed by atoms with E-state index in [1.807, 2.05) is 0 Å². The summed E-state index contributed by atoms with van der Waals surface area (Å²) in [6.07, 6.45) is 4.59. The molecule has 0 radical (unpaired) electrons. The number of hydrogen-bond acceptors (Lipinski definition) is 4. The Labute approximate surface area is 183 Å². The first-order chi connectivity index (χ1) is 15.0. The van der Waals surface area contributed by atoms with E-state index in [0.717, 1.165) is 31.2 Å². The quantitative estimate of drug-likeness (QED) is 0.631. The molecule has 31 heavy (non-hydrogen) atoms. The van der Waals surface area contributed by atoms with Crippen LogP contribution in [0.2, 0.25) is 0 Å². The van der Waals surface area contributed by atoms with Crippen molar-refractivity contribution in [3.8, 4) is 0 Å². The van der Waals surface area contributed by atoms with Crippen LogP contribution in [0.15, 0.2) is 54.6 Å². The summed E-state index contributed by atoms with van der Waals surface area (Å²) in [5.41, 5.74) is 4.79. The van der Waals surface area contributed by atoms with E-state index in [-0.39, 0.29) is 23.1 Å². The summed E-state index contributed by atoms with van der Waals surface area (Å²) >= 11 is 0. The third-order valence-corrected chi connectivity index (χ3v) is 7.73. The fourth-order valence-electron chi connectivity index (χ4n) is 5.99. The highest BCUT2D eigenvalue weighted by atomic mass is 16.5. The minimum absolute atomic E-state index is 0.00141. The maximum Gasteiger partial charge on any atom is 0.323 e. The van der Waals surface area contributed by atoms with E-state index in [2.05, 4.69) is 83.9 Å². The van der Waals surface area contributed by atoms with E-state index in [9.17, 15) is 4.79 Å². The Hall–Kier alpha value is -2.63. The molecule has 2 N–H and O–H groups in total. The maximum atomic E-state index is 12.6. The Balaban J connectivity index is 1.57. The van der Waals surface area contributed by atoms with Gasteiger partial charge in [0.05, 0.1) is 12.6 Å². The van der Waals surface area contributed by atoms with Crippen LogP contribution in [0.1, 0.15) is 42.5 Å². The topological polar surface area (TPSA) is 57.4 Å². The molecule has 0 amide bonds. The SMILES string of the molecule is COC(=O)[C@@H]1Cc2c([nH]c3ccccc23)C2(CCC(c3ccccc3)(N(C)C)CC2)N1. The number of H-pyrrole nitrogens is 1. The Morgan fingerprint density at radius 3 is 2.35 bits per heavy atom. The summed E-state index contributed by atoms with van der Waals surface area (Å²) < 4.78 is 5.16. The number of fused-ring (bicyclic) bond motifs is 4. The summed E-state index contributed by atoms with van der Waals surface area (Å²) in [6, 6.07) is 19.0. The second kappa shape index (κ2) is 7.50. The predicted molar refractivity (Wildman–Crippen MR) is 123 cm³/mol. The smallest absolute Gasteiger partial charge is 0.323 e. The van der Waals surface area contributed by atoms with Crippen molar-refractivity contribution in [1.82, 2.24) is 15.2 Å². The van der Waals surface area contributed by atoms with Gasteiger partial charge in [-0.2, -0.15) is 0 Å². The van der Waals surface area contributed by atoms with Gasteiger partial charge in [0.25, 0.3) is 0 Å². The second-order valence-corrected chi connectivity index (χ2v) is 9.32. The lowest BCUT2D eigenvalue weighted by atomic mass is 9.65. The first-order valence-corrected chi connectivity index (χ1v) is 11.2. The Bertz CT molecular complexity index is 1090. The molecule has 1 saturated carbocycles. The maximum absolute atomic E-state index is 12.6. The lowest BCUT2D eigenvalue weighted by Gasteiger charge is -2.52. The lowest BCUT2D eigenvalue weighted by Crippen LogP contribution is -2.60. The molecule has 1 atom stereocenters. The van der Waals surface area contributed by atoms with Gasteiger partial charge in [-0.3, -0.25) is 15.0 Å². The first-order valence-electron chi connectivity index (χ1n) is 11.2. The molecule has 5 nitrogen and oxygen atoms in total. The number of esters is 1.